The van der Waals surface area contributed by atoms with Crippen LogP contribution in [-0.4, -0.2) is 39.1 Å². The predicted molar refractivity (Wildman–Crippen MR) is 89.3 cm³/mol. The summed E-state index contributed by atoms with van der Waals surface area (Å²) in [6.07, 6.45) is 0.622. The third kappa shape index (κ3) is 5.42. The summed E-state index contributed by atoms with van der Waals surface area (Å²) in [6, 6.07) is 7.16. The molecule has 2 amide bonds. The number of carbonyl (C=O) groups excluding carboxylic acids is 1. The number of carbonyl (C=O) groups is 1. The van der Waals surface area contributed by atoms with Crippen LogP contribution in [0.2, 0.25) is 0 Å². The van der Waals surface area contributed by atoms with Crippen molar-refractivity contribution < 1.29 is 17.9 Å². The van der Waals surface area contributed by atoms with Crippen molar-refractivity contribution in [3.8, 4) is 5.75 Å². The van der Waals surface area contributed by atoms with E-state index < -0.39 is 9.84 Å². The first-order chi connectivity index (χ1) is 10.9. The molecule has 23 heavy (non-hydrogen) atoms. The quantitative estimate of drug-likeness (QED) is 0.828. The van der Waals surface area contributed by atoms with Crippen molar-refractivity contribution in [2.45, 2.75) is 26.3 Å². The summed E-state index contributed by atoms with van der Waals surface area (Å²) in [6.45, 7) is 4.83. The lowest BCUT2D eigenvalue weighted by Gasteiger charge is -2.16. The maximum absolute atomic E-state index is 11.9. The number of urea groups is 1. The predicted octanol–water partition coefficient (Wildman–Crippen LogP) is 1.88. The highest BCUT2D eigenvalue weighted by Crippen LogP contribution is 2.18. The molecule has 0 saturated carbocycles. The molecule has 1 aliphatic rings. The second-order valence-corrected chi connectivity index (χ2v) is 8.08. The second-order valence-electron chi connectivity index (χ2n) is 5.85. The number of nitrogens with one attached hydrogen (secondary N) is 2. The molecule has 2 atom stereocenters. The lowest BCUT2D eigenvalue weighted by Crippen LogP contribution is -2.39. The fourth-order valence-electron chi connectivity index (χ4n) is 2.62. The first-order valence-electron chi connectivity index (χ1n) is 7.87. The molecule has 0 radical (unpaired) electrons. The molecule has 0 unspecified atom stereocenters. The molecule has 1 fully saturated rings. The molecular formula is C16H24N2O4S. The minimum atomic E-state index is -2.90. The fraction of sp³-hybridized carbons (Fsp3) is 0.562. The van der Waals surface area contributed by atoms with Gasteiger partial charge < -0.3 is 15.4 Å². The monoisotopic (exact) mass is 340 g/mol. The third-order valence-corrected chi connectivity index (χ3v) is 5.75. The van der Waals surface area contributed by atoms with Crippen molar-refractivity contribution in [3.05, 3.63) is 29.8 Å². The summed E-state index contributed by atoms with van der Waals surface area (Å²) in [7, 11) is -2.90. The Balaban J connectivity index is 1.78. The van der Waals surface area contributed by atoms with Gasteiger partial charge in [-0.15, -0.1) is 0 Å². The highest BCUT2D eigenvalue weighted by Gasteiger charge is 2.27. The van der Waals surface area contributed by atoms with Gasteiger partial charge in [0.2, 0.25) is 0 Å². The van der Waals surface area contributed by atoms with Gasteiger partial charge in [0.1, 0.15) is 5.75 Å². The van der Waals surface area contributed by atoms with Crippen LogP contribution in [0.4, 0.5) is 4.79 Å². The van der Waals surface area contributed by atoms with E-state index in [0.717, 1.165) is 11.3 Å². The van der Waals surface area contributed by atoms with Crippen molar-refractivity contribution in [2.75, 3.05) is 24.7 Å². The van der Waals surface area contributed by atoms with E-state index in [9.17, 15) is 13.2 Å². The van der Waals surface area contributed by atoms with Crippen molar-refractivity contribution in [3.63, 3.8) is 0 Å². The average molecular weight is 340 g/mol. The standard InChI is InChI=1S/C16H24N2O4S/c1-3-22-15-6-4-14(5-7-15)12(2)18-16(19)17-10-13-8-9-23(20,21)11-13/h4-7,12-13H,3,8-11H2,1-2H3,(H2,17,18,19)/t12-,13+/m1/s1. The number of hydrogen-bond donors (Lipinski definition) is 2. The summed E-state index contributed by atoms with van der Waals surface area (Å²) < 4.78 is 28.2. The van der Waals surface area contributed by atoms with E-state index in [2.05, 4.69) is 10.6 Å². The molecule has 2 rings (SSSR count). The lowest BCUT2D eigenvalue weighted by molar-refractivity contribution is 0.236. The van der Waals surface area contributed by atoms with Crippen LogP contribution < -0.4 is 15.4 Å². The first-order valence-corrected chi connectivity index (χ1v) is 9.69. The largest absolute Gasteiger partial charge is 0.494 e. The molecule has 2 N–H and O–H groups in total. The van der Waals surface area contributed by atoms with Crippen LogP contribution in [-0.2, 0) is 9.84 Å². The zero-order valence-electron chi connectivity index (χ0n) is 13.5. The van der Waals surface area contributed by atoms with Crippen molar-refractivity contribution in [1.29, 1.82) is 0 Å². The SMILES string of the molecule is CCOc1ccc([C@@H](C)NC(=O)NC[C@@H]2CCS(=O)(=O)C2)cc1. The van der Waals surface area contributed by atoms with Crippen molar-refractivity contribution >= 4 is 15.9 Å². The van der Waals surface area contributed by atoms with E-state index in [0.29, 0.717) is 19.6 Å². The highest BCUT2D eigenvalue weighted by molar-refractivity contribution is 7.91. The molecule has 0 aromatic heterocycles. The summed E-state index contributed by atoms with van der Waals surface area (Å²) >= 11 is 0. The Morgan fingerprint density at radius 3 is 2.61 bits per heavy atom. The zero-order valence-corrected chi connectivity index (χ0v) is 14.4. The lowest BCUT2D eigenvalue weighted by atomic mass is 10.1. The van der Waals surface area contributed by atoms with Gasteiger partial charge in [-0.25, -0.2) is 13.2 Å². The van der Waals surface area contributed by atoms with Crippen LogP contribution >= 0.6 is 0 Å². The Kier molecular flexibility index (Phi) is 5.87. The van der Waals surface area contributed by atoms with Gasteiger partial charge in [0.05, 0.1) is 24.2 Å². The smallest absolute Gasteiger partial charge is 0.315 e. The van der Waals surface area contributed by atoms with Crippen LogP contribution in [0.1, 0.15) is 31.9 Å². The highest BCUT2D eigenvalue weighted by atomic mass is 32.2. The molecule has 128 valence electrons. The minimum Gasteiger partial charge on any atom is -0.494 e. The number of ether oxygens (including phenoxy) is 1. The maximum atomic E-state index is 11.9. The Morgan fingerprint density at radius 1 is 1.35 bits per heavy atom. The van der Waals surface area contributed by atoms with Crippen molar-refractivity contribution in [2.24, 2.45) is 5.92 Å². The van der Waals surface area contributed by atoms with Crippen LogP contribution in [0.5, 0.6) is 5.75 Å². The van der Waals surface area contributed by atoms with Gasteiger partial charge in [-0.3, -0.25) is 0 Å². The van der Waals surface area contributed by atoms with Gasteiger partial charge in [0, 0.05) is 6.54 Å². The molecule has 6 nitrogen and oxygen atoms in total. The topological polar surface area (TPSA) is 84.5 Å². The van der Waals surface area contributed by atoms with Gasteiger partial charge in [-0.1, -0.05) is 12.1 Å². The summed E-state index contributed by atoms with van der Waals surface area (Å²) in [5, 5.41) is 5.61. The van der Waals surface area contributed by atoms with Gasteiger partial charge >= 0.3 is 6.03 Å². The second kappa shape index (κ2) is 7.68. The van der Waals surface area contributed by atoms with E-state index in [1.165, 1.54) is 0 Å². The van der Waals surface area contributed by atoms with Crippen LogP contribution in [0.3, 0.4) is 0 Å². The molecule has 0 aliphatic carbocycles. The van der Waals surface area contributed by atoms with Crippen LogP contribution in [0, 0.1) is 5.92 Å². The summed E-state index contributed by atoms with van der Waals surface area (Å²) in [5.41, 5.74) is 0.979. The van der Waals surface area contributed by atoms with Crippen LogP contribution in [0.15, 0.2) is 24.3 Å². The first kappa shape index (κ1) is 17.6. The van der Waals surface area contributed by atoms with Gasteiger partial charge in [0.25, 0.3) is 0 Å². The van der Waals surface area contributed by atoms with E-state index in [1.807, 2.05) is 38.1 Å². The normalized spacial score (nSPS) is 20.7. The Bertz CT molecular complexity index is 628. The number of benzene rings is 1. The zero-order chi connectivity index (χ0) is 16.9. The van der Waals surface area contributed by atoms with E-state index in [1.54, 1.807) is 0 Å². The Morgan fingerprint density at radius 2 is 2.04 bits per heavy atom. The van der Waals surface area contributed by atoms with Gasteiger partial charge in [-0.2, -0.15) is 0 Å². The molecule has 0 bridgehead atoms. The minimum absolute atomic E-state index is 0.0199. The van der Waals surface area contributed by atoms with E-state index in [-0.39, 0.29) is 29.5 Å². The van der Waals surface area contributed by atoms with Crippen LogP contribution in [0.25, 0.3) is 0 Å². The molecule has 1 saturated heterocycles. The van der Waals surface area contributed by atoms with E-state index in [4.69, 9.17) is 4.74 Å². The Hall–Kier alpha value is -1.76. The molecule has 7 heteroatoms. The van der Waals surface area contributed by atoms with Gasteiger partial charge in [-0.05, 0) is 43.9 Å². The third-order valence-electron chi connectivity index (χ3n) is 3.92. The summed E-state index contributed by atoms with van der Waals surface area (Å²) in [4.78, 5) is 11.9. The molecule has 1 heterocycles. The molecule has 1 aromatic rings. The molecule has 1 aliphatic heterocycles. The van der Waals surface area contributed by atoms with Crippen molar-refractivity contribution in [1.82, 2.24) is 10.6 Å². The number of rotatable bonds is 6. The number of hydrogen-bond acceptors (Lipinski definition) is 4. The average Bonchev–Trinajstić information content (AvgIpc) is 2.85. The number of amides is 2. The molecular weight excluding hydrogens is 316 g/mol. The number of sulfone groups is 1. The van der Waals surface area contributed by atoms with Gasteiger partial charge in [0.15, 0.2) is 9.84 Å². The molecule has 0 spiro atoms. The Labute approximate surface area is 137 Å². The molecule has 1 aromatic carbocycles. The summed E-state index contributed by atoms with van der Waals surface area (Å²) in [5.74, 6) is 1.22. The van der Waals surface area contributed by atoms with E-state index >= 15 is 0 Å². The fourth-order valence-corrected chi connectivity index (χ4v) is 4.48. The maximum Gasteiger partial charge on any atom is 0.315 e.